The van der Waals surface area contributed by atoms with E-state index in [-0.39, 0.29) is 11.9 Å². The van der Waals surface area contributed by atoms with E-state index in [1.807, 2.05) is 14.0 Å². The number of carbonyl (C=O) groups is 1. The molecule has 1 N–H and O–H groups in total. The van der Waals surface area contributed by atoms with E-state index in [2.05, 4.69) is 19.2 Å². The number of rotatable bonds is 7. The van der Waals surface area contributed by atoms with Gasteiger partial charge in [-0.1, -0.05) is 13.8 Å². The minimum absolute atomic E-state index is 0.124. The van der Waals surface area contributed by atoms with E-state index in [0.29, 0.717) is 19.1 Å². The smallest absolute Gasteiger partial charge is 0.236 e. The van der Waals surface area contributed by atoms with E-state index in [0.717, 1.165) is 6.54 Å². The van der Waals surface area contributed by atoms with Crippen LogP contribution in [0.4, 0.5) is 0 Å². The van der Waals surface area contributed by atoms with Crippen molar-refractivity contribution in [2.75, 3.05) is 33.9 Å². The van der Waals surface area contributed by atoms with Gasteiger partial charge in [-0.15, -0.1) is 0 Å². The molecular weight excluding hydrogens is 192 g/mol. The zero-order chi connectivity index (χ0) is 11.8. The molecule has 0 rings (SSSR count). The summed E-state index contributed by atoms with van der Waals surface area (Å²) in [7, 11) is 3.49. The molecule has 0 aromatic rings. The number of nitrogens with zero attached hydrogens (tertiary/aromatic N) is 1. The van der Waals surface area contributed by atoms with Crippen LogP contribution in [0.5, 0.6) is 0 Å². The number of methoxy groups -OCH3 is 1. The maximum Gasteiger partial charge on any atom is 0.236 e. The zero-order valence-corrected chi connectivity index (χ0v) is 10.5. The highest BCUT2D eigenvalue weighted by Crippen LogP contribution is 2.01. The SMILES string of the molecule is CCN(C)C(=O)CNC(COC)C(C)C. The Morgan fingerprint density at radius 3 is 2.47 bits per heavy atom. The van der Waals surface area contributed by atoms with Crippen LogP contribution in [-0.2, 0) is 9.53 Å². The van der Waals surface area contributed by atoms with Gasteiger partial charge in [0.1, 0.15) is 0 Å². The van der Waals surface area contributed by atoms with E-state index in [9.17, 15) is 4.79 Å². The molecule has 0 aliphatic carbocycles. The molecule has 0 spiro atoms. The maximum absolute atomic E-state index is 11.5. The van der Waals surface area contributed by atoms with E-state index in [1.165, 1.54) is 0 Å². The average molecular weight is 216 g/mol. The molecule has 0 radical (unpaired) electrons. The van der Waals surface area contributed by atoms with Gasteiger partial charge >= 0.3 is 0 Å². The maximum atomic E-state index is 11.5. The molecule has 1 amide bonds. The Bertz CT molecular complexity index is 183. The van der Waals surface area contributed by atoms with Crippen molar-refractivity contribution in [2.45, 2.75) is 26.8 Å². The third-order valence-electron chi connectivity index (χ3n) is 2.57. The minimum Gasteiger partial charge on any atom is -0.383 e. The number of ether oxygens (including phenoxy) is 1. The highest BCUT2D eigenvalue weighted by molar-refractivity contribution is 5.77. The van der Waals surface area contributed by atoms with Crippen LogP contribution in [0.25, 0.3) is 0 Å². The molecule has 0 saturated heterocycles. The van der Waals surface area contributed by atoms with Crippen molar-refractivity contribution < 1.29 is 9.53 Å². The van der Waals surface area contributed by atoms with Gasteiger partial charge < -0.3 is 15.0 Å². The van der Waals surface area contributed by atoms with E-state index < -0.39 is 0 Å². The summed E-state index contributed by atoms with van der Waals surface area (Å²) in [5.41, 5.74) is 0. The van der Waals surface area contributed by atoms with E-state index in [4.69, 9.17) is 4.74 Å². The lowest BCUT2D eigenvalue weighted by molar-refractivity contribution is -0.129. The lowest BCUT2D eigenvalue weighted by Crippen LogP contribution is -2.44. The summed E-state index contributed by atoms with van der Waals surface area (Å²) in [6.07, 6.45) is 0. The molecule has 0 aliphatic rings. The molecule has 1 unspecified atom stereocenters. The number of likely N-dealkylation sites (N-methyl/N-ethyl adjacent to an activating group) is 1. The highest BCUT2D eigenvalue weighted by atomic mass is 16.5. The Morgan fingerprint density at radius 2 is 2.07 bits per heavy atom. The van der Waals surface area contributed by atoms with Crippen LogP contribution in [-0.4, -0.2) is 50.7 Å². The fourth-order valence-electron chi connectivity index (χ4n) is 1.20. The molecule has 0 bridgehead atoms. The standard InChI is InChI=1S/C11H24N2O2/c1-6-13(4)11(14)7-12-10(8-15-5)9(2)3/h9-10,12H,6-8H2,1-5H3. The molecule has 0 aliphatic heterocycles. The first-order valence-corrected chi connectivity index (χ1v) is 5.49. The second-order valence-electron chi connectivity index (χ2n) is 4.09. The summed E-state index contributed by atoms with van der Waals surface area (Å²) in [6.45, 7) is 7.97. The van der Waals surface area contributed by atoms with Gasteiger partial charge in [0.2, 0.25) is 5.91 Å². The predicted molar refractivity (Wildman–Crippen MR) is 61.8 cm³/mol. The minimum atomic E-state index is 0.124. The summed E-state index contributed by atoms with van der Waals surface area (Å²) >= 11 is 0. The zero-order valence-electron chi connectivity index (χ0n) is 10.5. The molecule has 0 fully saturated rings. The van der Waals surface area contributed by atoms with Crippen LogP contribution < -0.4 is 5.32 Å². The molecule has 0 saturated carbocycles. The number of hydrogen-bond donors (Lipinski definition) is 1. The van der Waals surface area contributed by atoms with Crippen LogP contribution in [0.3, 0.4) is 0 Å². The number of hydrogen-bond acceptors (Lipinski definition) is 3. The molecule has 0 heterocycles. The van der Waals surface area contributed by atoms with Crippen molar-refractivity contribution in [3.05, 3.63) is 0 Å². The first-order chi connectivity index (χ1) is 7.02. The third kappa shape index (κ3) is 5.74. The van der Waals surface area contributed by atoms with Crippen molar-refractivity contribution in [3.63, 3.8) is 0 Å². The van der Waals surface area contributed by atoms with E-state index in [1.54, 1.807) is 12.0 Å². The Hall–Kier alpha value is -0.610. The summed E-state index contributed by atoms with van der Waals surface area (Å²) < 4.78 is 5.10. The van der Waals surface area contributed by atoms with Crippen molar-refractivity contribution in [1.29, 1.82) is 0 Å². The van der Waals surface area contributed by atoms with E-state index >= 15 is 0 Å². The quantitative estimate of drug-likeness (QED) is 0.682. The Balaban J connectivity index is 3.93. The summed E-state index contributed by atoms with van der Waals surface area (Å²) in [5, 5.41) is 3.22. The van der Waals surface area contributed by atoms with Crippen LogP contribution in [0.2, 0.25) is 0 Å². The summed E-state index contributed by atoms with van der Waals surface area (Å²) in [6, 6.07) is 0.240. The summed E-state index contributed by atoms with van der Waals surface area (Å²) in [4.78, 5) is 13.2. The van der Waals surface area contributed by atoms with Gasteiger partial charge in [-0.3, -0.25) is 4.79 Å². The van der Waals surface area contributed by atoms with Crippen molar-refractivity contribution >= 4 is 5.91 Å². The highest BCUT2D eigenvalue weighted by Gasteiger charge is 2.14. The fourth-order valence-corrected chi connectivity index (χ4v) is 1.20. The Kier molecular flexibility index (Phi) is 7.34. The van der Waals surface area contributed by atoms with Gasteiger partial charge in [0.15, 0.2) is 0 Å². The largest absolute Gasteiger partial charge is 0.383 e. The molecule has 0 aromatic carbocycles. The first kappa shape index (κ1) is 14.4. The molecule has 0 aromatic heterocycles. The number of amides is 1. The second kappa shape index (κ2) is 7.65. The fraction of sp³-hybridized carbons (Fsp3) is 0.909. The third-order valence-corrected chi connectivity index (χ3v) is 2.57. The van der Waals surface area contributed by atoms with Crippen LogP contribution in [0, 0.1) is 5.92 Å². The second-order valence-corrected chi connectivity index (χ2v) is 4.09. The van der Waals surface area contributed by atoms with Crippen LogP contribution in [0.15, 0.2) is 0 Å². The lowest BCUT2D eigenvalue weighted by Gasteiger charge is -2.23. The van der Waals surface area contributed by atoms with Crippen molar-refractivity contribution in [3.8, 4) is 0 Å². The first-order valence-electron chi connectivity index (χ1n) is 5.49. The molecule has 1 atom stereocenters. The van der Waals surface area contributed by atoms with Gasteiger partial charge in [0, 0.05) is 26.7 Å². The van der Waals surface area contributed by atoms with Gasteiger partial charge in [-0.05, 0) is 12.8 Å². The predicted octanol–water partition coefficient (Wildman–Crippen LogP) is 0.725. The van der Waals surface area contributed by atoms with Crippen LogP contribution in [0.1, 0.15) is 20.8 Å². The Labute approximate surface area is 93.0 Å². The summed E-state index contributed by atoms with van der Waals surface area (Å²) in [5.74, 6) is 0.587. The lowest BCUT2D eigenvalue weighted by atomic mass is 10.1. The van der Waals surface area contributed by atoms with Gasteiger partial charge in [0.05, 0.1) is 13.2 Å². The number of carbonyl (C=O) groups excluding carboxylic acids is 1. The molecule has 90 valence electrons. The molecular formula is C11H24N2O2. The van der Waals surface area contributed by atoms with Gasteiger partial charge in [-0.2, -0.15) is 0 Å². The van der Waals surface area contributed by atoms with Gasteiger partial charge in [0.25, 0.3) is 0 Å². The monoisotopic (exact) mass is 216 g/mol. The topological polar surface area (TPSA) is 41.6 Å². The van der Waals surface area contributed by atoms with Crippen molar-refractivity contribution in [1.82, 2.24) is 10.2 Å². The number of nitrogens with one attached hydrogen (secondary N) is 1. The average Bonchev–Trinajstić information content (AvgIpc) is 2.21. The Morgan fingerprint density at radius 1 is 1.47 bits per heavy atom. The molecule has 15 heavy (non-hydrogen) atoms. The van der Waals surface area contributed by atoms with Crippen LogP contribution >= 0.6 is 0 Å². The van der Waals surface area contributed by atoms with Gasteiger partial charge in [-0.25, -0.2) is 0 Å². The van der Waals surface area contributed by atoms with Crippen molar-refractivity contribution in [2.24, 2.45) is 5.92 Å². The molecule has 4 nitrogen and oxygen atoms in total. The normalized spacial score (nSPS) is 12.9. The molecule has 4 heteroatoms.